The zero-order valence-electron chi connectivity index (χ0n) is 7.24. The number of aryl methyl sites for hydroxylation is 1. The number of rotatable bonds is 1. The molecular weight excluding hydrogens is 168 g/mol. The molecule has 0 radical (unpaired) electrons. The van der Waals surface area contributed by atoms with E-state index in [0.717, 1.165) is 5.56 Å². The molecule has 0 saturated heterocycles. The van der Waals surface area contributed by atoms with Crippen LogP contribution in [0.1, 0.15) is 23.5 Å². The lowest BCUT2D eigenvalue weighted by molar-refractivity contribution is -0.110. The maximum atomic E-state index is 10.9. The highest BCUT2D eigenvalue weighted by Crippen LogP contribution is 2.45. The zero-order valence-corrected chi connectivity index (χ0v) is 7.24. The first kappa shape index (κ1) is 8.10. The monoisotopic (exact) mass is 178 g/mol. The molecule has 3 nitrogen and oxygen atoms in total. The van der Waals surface area contributed by atoms with E-state index in [9.17, 15) is 15.0 Å². The van der Waals surface area contributed by atoms with Crippen molar-refractivity contribution in [3.05, 3.63) is 23.3 Å². The number of hydrogen-bond donors (Lipinski definition) is 2. The van der Waals surface area contributed by atoms with Crippen LogP contribution in [0.4, 0.5) is 0 Å². The summed E-state index contributed by atoms with van der Waals surface area (Å²) < 4.78 is 0. The predicted octanol–water partition coefficient (Wildman–Crippen LogP) is 1.46. The molecule has 0 aromatic heterocycles. The molecule has 2 N–H and O–H groups in total. The SMILES string of the molecule is Cc1ccc(O)c(O)c1C1CC1=O. The summed E-state index contributed by atoms with van der Waals surface area (Å²) in [5, 5.41) is 18.7. The van der Waals surface area contributed by atoms with Gasteiger partial charge in [-0.05, 0) is 18.6 Å². The van der Waals surface area contributed by atoms with Crippen LogP contribution in [0, 0.1) is 6.92 Å². The first-order chi connectivity index (χ1) is 6.11. The van der Waals surface area contributed by atoms with E-state index in [2.05, 4.69) is 0 Å². The Kier molecular flexibility index (Phi) is 1.55. The Morgan fingerprint density at radius 1 is 1.38 bits per heavy atom. The lowest BCUT2D eigenvalue weighted by Crippen LogP contribution is -1.88. The molecule has 1 aromatic rings. The van der Waals surface area contributed by atoms with Gasteiger partial charge in [0, 0.05) is 12.0 Å². The lowest BCUT2D eigenvalue weighted by Gasteiger charge is -2.06. The van der Waals surface area contributed by atoms with E-state index in [-0.39, 0.29) is 23.2 Å². The summed E-state index contributed by atoms with van der Waals surface area (Å²) in [7, 11) is 0. The highest BCUT2D eigenvalue weighted by atomic mass is 16.3. The summed E-state index contributed by atoms with van der Waals surface area (Å²) in [6.45, 7) is 1.82. The number of carbonyl (C=O) groups is 1. The third-order valence-corrected chi connectivity index (χ3v) is 2.40. The van der Waals surface area contributed by atoms with Crippen LogP contribution in [0.3, 0.4) is 0 Å². The molecule has 1 aliphatic carbocycles. The molecule has 0 bridgehead atoms. The third-order valence-electron chi connectivity index (χ3n) is 2.40. The number of phenols is 2. The molecule has 1 fully saturated rings. The Labute approximate surface area is 75.6 Å². The second kappa shape index (κ2) is 2.49. The molecule has 0 amide bonds. The Hall–Kier alpha value is -1.51. The molecule has 0 heterocycles. The summed E-state index contributed by atoms with van der Waals surface area (Å²) >= 11 is 0. The summed E-state index contributed by atoms with van der Waals surface area (Å²) in [4.78, 5) is 10.9. The number of phenolic OH excluding ortho intramolecular Hbond substituents is 2. The number of ketones is 1. The standard InChI is InChI=1S/C10H10O3/c1-5-2-3-7(11)10(13)9(5)6-4-8(6)12/h2-3,6,11,13H,4H2,1H3. The van der Waals surface area contributed by atoms with Gasteiger partial charge in [-0.15, -0.1) is 0 Å². The number of aromatic hydroxyl groups is 2. The average molecular weight is 178 g/mol. The van der Waals surface area contributed by atoms with Crippen LogP contribution in [-0.4, -0.2) is 16.0 Å². The zero-order chi connectivity index (χ0) is 9.59. The molecule has 68 valence electrons. The first-order valence-corrected chi connectivity index (χ1v) is 4.15. The smallest absolute Gasteiger partial charge is 0.161 e. The third kappa shape index (κ3) is 1.16. The van der Waals surface area contributed by atoms with Gasteiger partial charge in [-0.25, -0.2) is 0 Å². The van der Waals surface area contributed by atoms with Crippen LogP contribution < -0.4 is 0 Å². The van der Waals surface area contributed by atoms with E-state index in [4.69, 9.17) is 0 Å². The Morgan fingerprint density at radius 2 is 2.00 bits per heavy atom. The number of benzene rings is 1. The normalized spacial score (nSPS) is 20.4. The Morgan fingerprint density at radius 3 is 2.54 bits per heavy atom. The molecule has 3 heteroatoms. The van der Waals surface area contributed by atoms with Crippen molar-refractivity contribution in [1.29, 1.82) is 0 Å². The number of carbonyl (C=O) groups excluding carboxylic acids is 1. The van der Waals surface area contributed by atoms with Gasteiger partial charge in [0.25, 0.3) is 0 Å². The van der Waals surface area contributed by atoms with Crippen molar-refractivity contribution in [1.82, 2.24) is 0 Å². The molecule has 0 spiro atoms. The van der Waals surface area contributed by atoms with Crippen LogP contribution in [0.5, 0.6) is 11.5 Å². The predicted molar refractivity (Wildman–Crippen MR) is 46.9 cm³/mol. The topological polar surface area (TPSA) is 57.5 Å². The second-order valence-corrected chi connectivity index (χ2v) is 3.39. The van der Waals surface area contributed by atoms with Gasteiger partial charge in [-0.1, -0.05) is 6.07 Å². The number of Topliss-reactive ketones (excluding diaryl/α,β-unsaturated/α-hetero) is 1. The van der Waals surface area contributed by atoms with E-state index >= 15 is 0 Å². The minimum absolute atomic E-state index is 0.129. The molecule has 13 heavy (non-hydrogen) atoms. The van der Waals surface area contributed by atoms with E-state index < -0.39 is 0 Å². The van der Waals surface area contributed by atoms with Crippen molar-refractivity contribution in [2.45, 2.75) is 19.3 Å². The van der Waals surface area contributed by atoms with Gasteiger partial charge in [0.15, 0.2) is 11.5 Å². The van der Waals surface area contributed by atoms with Gasteiger partial charge in [-0.3, -0.25) is 4.79 Å². The molecule has 1 atom stereocenters. The minimum atomic E-state index is -0.188. The van der Waals surface area contributed by atoms with E-state index in [1.54, 1.807) is 6.07 Å². The molecule has 2 rings (SSSR count). The molecule has 0 aliphatic heterocycles. The fraction of sp³-hybridized carbons (Fsp3) is 0.300. The van der Waals surface area contributed by atoms with Crippen molar-refractivity contribution < 1.29 is 15.0 Å². The van der Waals surface area contributed by atoms with Gasteiger partial charge < -0.3 is 10.2 Å². The summed E-state index contributed by atoms with van der Waals surface area (Å²) in [6, 6.07) is 3.14. The lowest BCUT2D eigenvalue weighted by atomic mass is 10.0. The van der Waals surface area contributed by atoms with Gasteiger partial charge in [0.1, 0.15) is 5.78 Å². The molecule has 1 saturated carbocycles. The van der Waals surface area contributed by atoms with E-state index in [0.29, 0.717) is 12.0 Å². The minimum Gasteiger partial charge on any atom is -0.504 e. The highest BCUT2D eigenvalue weighted by molar-refractivity contribution is 6.02. The van der Waals surface area contributed by atoms with Gasteiger partial charge in [-0.2, -0.15) is 0 Å². The maximum Gasteiger partial charge on any atom is 0.161 e. The van der Waals surface area contributed by atoms with Crippen LogP contribution in [0.25, 0.3) is 0 Å². The Balaban J connectivity index is 2.54. The van der Waals surface area contributed by atoms with E-state index in [1.807, 2.05) is 6.92 Å². The molecule has 1 aromatic carbocycles. The quantitative estimate of drug-likeness (QED) is 0.640. The van der Waals surface area contributed by atoms with Crippen LogP contribution in [0.15, 0.2) is 12.1 Å². The maximum absolute atomic E-state index is 10.9. The number of hydrogen-bond acceptors (Lipinski definition) is 3. The van der Waals surface area contributed by atoms with Crippen LogP contribution in [0.2, 0.25) is 0 Å². The van der Waals surface area contributed by atoms with Crippen molar-refractivity contribution in [2.75, 3.05) is 0 Å². The fourth-order valence-electron chi connectivity index (χ4n) is 1.54. The molecule has 1 aliphatic rings. The van der Waals surface area contributed by atoms with Gasteiger partial charge in [0.2, 0.25) is 0 Å². The van der Waals surface area contributed by atoms with Crippen molar-refractivity contribution in [3.8, 4) is 11.5 Å². The molecule has 1 unspecified atom stereocenters. The largest absolute Gasteiger partial charge is 0.504 e. The van der Waals surface area contributed by atoms with E-state index in [1.165, 1.54) is 6.07 Å². The first-order valence-electron chi connectivity index (χ1n) is 4.15. The van der Waals surface area contributed by atoms with Crippen molar-refractivity contribution in [3.63, 3.8) is 0 Å². The van der Waals surface area contributed by atoms with Gasteiger partial charge in [0.05, 0.1) is 5.92 Å². The highest BCUT2D eigenvalue weighted by Gasteiger charge is 2.39. The second-order valence-electron chi connectivity index (χ2n) is 3.39. The molecular formula is C10H10O3. The van der Waals surface area contributed by atoms with Crippen molar-refractivity contribution in [2.24, 2.45) is 0 Å². The summed E-state index contributed by atoms with van der Waals surface area (Å²) in [5.74, 6) is -0.354. The fourth-order valence-corrected chi connectivity index (χ4v) is 1.54. The summed E-state index contributed by atoms with van der Waals surface area (Å²) in [5.41, 5.74) is 1.44. The van der Waals surface area contributed by atoms with Crippen molar-refractivity contribution >= 4 is 5.78 Å². The van der Waals surface area contributed by atoms with Gasteiger partial charge >= 0.3 is 0 Å². The van der Waals surface area contributed by atoms with Crippen LogP contribution in [-0.2, 0) is 4.79 Å². The van der Waals surface area contributed by atoms with Crippen LogP contribution >= 0.6 is 0 Å². The Bertz CT molecular complexity index is 382. The average Bonchev–Trinajstić information content (AvgIpc) is 2.76. The summed E-state index contributed by atoms with van der Waals surface area (Å²) in [6.07, 6.45) is 0.484.